The summed E-state index contributed by atoms with van der Waals surface area (Å²) in [7, 11) is 0. The van der Waals surface area contributed by atoms with Crippen LogP contribution in [0.1, 0.15) is 37.8 Å². The monoisotopic (exact) mass is 342 g/mol. The van der Waals surface area contributed by atoms with Crippen LogP contribution in [0.15, 0.2) is 18.3 Å². The Bertz CT molecular complexity index is 703. The molecule has 134 valence electrons. The summed E-state index contributed by atoms with van der Waals surface area (Å²) in [4.78, 5) is 11.7. The third-order valence-corrected chi connectivity index (χ3v) is 4.92. The maximum absolute atomic E-state index is 5.47. The van der Waals surface area contributed by atoms with Gasteiger partial charge in [-0.2, -0.15) is 15.1 Å². The van der Waals surface area contributed by atoms with Crippen LogP contribution in [0.5, 0.6) is 0 Å². The van der Waals surface area contributed by atoms with Crippen molar-refractivity contribution in [1.29, 1.82) is 0 Å². The van der Waals surface area contributed by atoms with Gasteiger partial charge >= 0.3 is 0 Å². The molecule has 3 heterocycles. The van der Waals surface area contributed by atoms with E-state index in [1.165, 1.54) is 32.1 Å². The molecule has 0 spiro atoms. The molecule has 1 aliphatic carbocycles. The maximum Gasteiger partial charge on any atom is 0.254 e. The van der Waals surface area contributed by atoms with Crippen molar-refractivity contribution in [3.63, 3.8) is 0 Å². The van der Waals surface area contributed by atoms with Crippen molar-refractivity contribution in [1.82, 2.24) is 19.7 Å². The molecule has 1 saturated carbocycles. The van der Waals surface area contributed by atoms with Gasteiger partial charge in [0.05, 0.1) is 18.9 Å². The summed E-state index contributed by atoms with van der Waals surface area (Å²) >= 11 is 0. The molecule has 0 bridgehead atoms. The zero-order chi connectivity index (χ0) is 17.1. The highest BCUT2D eigenvalue weighted by Gasteiger charge is 2.18. The lowest BCUT2D eigenvalue weighted by molar-refractivity contribution is 0.122. The Balaban J connectivity index is 1.64. The first-order valence-corrected chi connectivity index (χ1v) is 9.29. The van der Waals surface area contributed by atoms with Crippen LogP contribution in [0.2, 0.25) is 0 Å². The summed E-state index contributed by atoms with van der Waals surface area (Å²) in [6, 6.07) is 4.55. The van der Waals surface area contributed by atoms with Gasteiger partial charge in [-0.1, -0.05) is 19.3 Å². The van der Waals surface area contributed by atoms with E-state index < -0.39 is 0 Å². The van der Waals surface area contributed by atoms with E-state index in [9.17, 15) is 0 Å². The van der Waals surface area contributed by atoms with E-state index in [0.29, 0.717) is 12.0 Å². The van der Waals surface area contributed by atoms with Crippen LogP contribution in [0.25, 0.3) is 5.95 Å². The minimum absolute atomic E-state index is 0.508. The van der Waals surface area contributed by atoms with Crippen LogP contribution < -0.4 is 10.2 Å². The fourth-order valence-corrected chi connectivity index (χ4v) is 3.54. The molecule has 2 aliphatic rings. The number of nitrogens with zero attached hydrogens (tertiary/aromatic N) is 5. The first-order chi connectivity index (χ1) is 12.3. The lowest BCUT2D eigenvalue weighted by Gasteiger charge is -2.29. The van der Waals surface area contributed by atoms with Crippen molar-refractivity contribution in [2.24, 2.45) is 0 Å². The minimum atomic E-state index is 0.508. The Morgan fingerprint density at radius 1 is 1.12 bits per heavy atom. The van der Waals surface area contributed by atoms with Crippen LogP contribution in [0.3, 0.4) is 0 Å². The van der Waals surface area contributed by atoms with Crippen molar-refractivity contribution >= 4 is 11.6 Å². The number of rotatable bonds is 4. The molecule has 0 unspecified atom stereocenters. The number of aromatic nitrogens is 4. The van der Waals surface area contributed by atoms with E-state index in [1.54, 1.807) is 4.68 Å². The van der Waals surface area contributed by atoms with Crippen LogP contribution in [-0.2, 0) is 4.74 Å². The number of hydrogen-bond donors (Lipinski definition) is 1. The average molecular weight is 342 g/mol. The van der Waals surface area contributed by atoms with E-state index in [0.717, 1.165) is 43.6 Å². The molecule has 4 rings (SSSR count). The van der Waals surface area contributed by atoms with E-state index in [4.69, 9.17) is 14.7 Å². The Morgan fingerprint density at radius 2 is 1.92 bits per heavy atom. The van der Waals surface area contributed by atoms with Gasteiger partial charge in [0.15, 0.2) is 0 Å². The molecule has 0 aromatic carbocycles. The number of nitrogens with one attached hydrogen (secondary N) is 1. The maximum atomic E-state index is 5.47. The van der Waals surface area contributed by atoms with Gasteiger partial charge in [-0.3, -0.25) is 0 Å². The van der Waals surface area contributed by atoms with Gasteiger partial charge in [0.1, 0.15) is 11.6 Å². The average Bonchev–Trinajstić information content (AvgIpc) is 3.10. The largest absolute Gasteiger partial charge is 0.378 e. The van der Waals surface area contributed by atoms with Crippen molar-refractivity contribution < 1.29 is 4.74 Å². The molecule has 7 heteroatoms. The molecule has 2 aromatic heterocycles. The lowest BCUT2D eigenvalue weighted by Crippen LogP contribution is -2.37. The number of aryl methyl sites for hydroxylation is 1. The third-order valence-electron chi connectivity index (χ3n) is 4.92. The van der Waals surface area contributed by atoms with Gasteiger partial charge in [0, 0.05) is 31.4 Å². The summed E-state index contributed by atoms with van der Waals surface area (Å²) in [6.07, 6.45) is 8.28. The van der Waals surface area contributed by atoms with Gasteiger partial charge in [0.2, 0.25) is 0 Å². The fourth-order valence-electron chi connectivity index (χ4n) is 3.54. The third kappa shape index (κ3) is 3.92. The minimum Gasteiger partial charge on any atom is -0.378 e. The summed E-state index contributed by atoms with van der Waals surface area (Å²) in [5.74, 6) is 2.46. The topological polar surface area (TPSA) is 68.1 Å². The predicted molar refractivity (Wildman–Crippen MR) is 97.4 cm³/mol. The lowest BCUT2D eigenvalue weighted by atomic mass is 9.95. The summed E-state index contributed by atoms with van der Waals surface area (Å²) in [5, 5.41) is 8.10. The predicted octanol–water partition coefficient (Wildman–Crippen LogP) is 2.55. The molecule has 1 N–H and O–H groups in total. The molecule has 1 aliphatic heterocycles. The summed E-state index contributed by atoms with van der Waals surface area (Å²) in [5.41, 5.74) is 0.960. The highest BCUT2D eigenvalue weighted by Crippen LogP contribution is 2.24. The Hall–Kier alpha value is -2.15. The summed E-state index contributed by atoms with van der Waals surface area (Å²) in [6.45, 7) is 5.18. The first-order valence-electron chi connectivity index (χ1n) is 9.29. The Labute approximate surface area is 148 Å². The quantitative estimate of drug-likeness (QED) is 0.921. The zero-order valence-corrected chi connectivity index (χ0v) is 14.8. The van der Waals surface area contributed by atoms with Crippen molar-refractivity contribution in [2.45, 2.75) is 45.1 Å². The molecule has 7 nitrogen and oxygen atoms in total. The van der Waals surface area contributed by atoms with E-state index in [-0.39, 0.29) is 0 Å². The second-order valence-electron chi connectivity index (χ2n) is 6.89. The molecular formula is C18H26N6O. The van der Waals surface area contributed by atoms with Gasteiger partial charge in [-0.15, -0.1) is 0 Å². The second kappa shape index (κ2) is 7.39. The van der Waals surface area contributed by atoms with Gasteiger partial charge in [0.25, 0.3) is 5.95 Å². The van der Waals surface area contributed by atoms with E-state index in [2.05, 4.69) is 21.4 Å². The normalized spacial score (nSPS) is 19.2. The van der Waals surface area contributed by atoms with E-state index in [1.807, 2.05) is 19.2 Å². The van der Waals surface area contributed by atoms with Gasteiger partial charge < -0.3 is 15.0 Å². The van der Waals surface area contributed by atoms with E-state index >= 15 is 0 Å². The number of hydrogen-bond acceptors (Lipinski definition) is 6. The molecule has 0 amide bonds. The fraction of sp³-hybridized carbons (Fsp3) is 0.611. The van der Waals surface area contributed by atoms with Crippen LogP contribution >= 0.6 is 0 Å². The Kier molecular flexibility index (Phi) is 4.83. The summed E-state index contributed by atoms with van der Waals surface area (Å²) < 4.78 is 7.23. The number of ether oxygens (including phenoxy) is 1. The van der Waals surface area contributed by atoms with Crippen molar-refractivity contribution in [2.75, 3.05) is 36.5 Å². The molecule has 2 fully saturated rings. The molecule has 2 aromatic rings. The Morgan fingerprint density at radius 3 is 2.64 bits per heavy atom. The number of anilines is 2. The van der Waals surface area contributed by atoms with Crippen molar-refractivity contribution in [3.8, 4) is 5.95 Å². The first kappa shape index (κ1) is 16.3. The SMILES string of the molecule is Cc1ccn(-c2nc(NC3CCCCC3)cc(N3CCOCC3)n2)n1. The van der Waals surface area contributed by atoms with Crippen LogP contribution in [0.4, 0.5) is 11.6 Å². The molecular weight excluding hydrogens is 316 g/mol. The van der Waals surface area contributed by atoms with Gasteiger partial charge in [-0.25, -0.2) is 4.68 Å². The molecule has 1 saturated heterocycles. The number of morpholine rings is 1. The second-order valence-corrected chi connectivity index (χ2v) is 6.89. The standard InChI is InChI=1S/C18H26N6O/c1-14-7-8-24(22-14)18-20-16(19-15-5-3-2-4-6-15)13-17(21-18)23-9-11-25-12-10-23/h7-8,13,15H,2-6,9-12H2,1H3,(H,19,20,21). The van der Waals surface area contributed by atoms with Crippen LogP contribution in [0, 0.1) is 6.92 Å². The van der Waals surface area contributed by atoms with Crippen LogP contribution in [-0.4, -0.2) is 52.1 Å². The highest BCUT2D eigenvalue weighted by molar-refractivity contribution is 5.52. The smallest absolute Gasteiger partial charge is 0.254 e. The molecule has 0 atom stereocenters. The van der Waals surface area contributed by atoms with Gasteiger partial charge in [-0.05, 0) is 25.8 Å². The molecule has 0 radical (unpaired) electrons. The van der Waals surface area contributed by atoms with Crippen molar-refractivity contribution in [3.05, 3.63) is 24.0 Å². The highest BCUT2D eigenvalue weighted by atomic mass is 16.5. The zero-order valence-electron chi connectivity index (χ0n) is 14.8. The molecule has 25 heavy (non-hydrogen) atoms.